The molecule has 0 spiro atoms. The SMILES string of the molecule is CCOc1cc(N)cc(-c2nnnn2CC(C)OC)c1. The number of nitrogens with zero attached hydrogens (tertiary/aromatic N) is 4. The first-order chi connectivity index (χ1) is 9.63. The first kappa shape index (κ1) is 14.3. The van der Waals surface area contributed by atoms with E-state index in [9.17, 15) is 0 Å². The van der Waals surface area contributed by atoms with E-state index in [-0.39, 0.29) is 6.10 Å². The van der Waals surface area contributed by atoms with Gasteiger partial charge in [0.25, 0.3) is 0 Å². The van der Waals surface area contributed by atoms with E-state index in [1.807, 2.05) is 26.0 Å². The zero-order chi connectivity index (χ0) is 14.5. The van der Waals surface area contributed by atoms with Crippen LogP contribution < -0.4 is 10.5 Å². The van der Waals surface area contributed by atoms with E-state index >= 15 is 0 Å². The molecular formula is C13H19N5O2. The van der Waals surface area contributed by atoms with Crippen LogP contribution in [0.1, 0.15) is 13.8 Å². The maximum Gasteiger partial charge on any atom is 0.182 e. The molecule has 0 aliphatic heterocycles. The summed E-state index contributed by atoms with van der Waals surface area (Å²) < 4.78 is 12.4. The molecule has 0 aliphatic rings. The lowest BCUT2D eigenvalue weighted by Gasteiger charge is -2.11. The highest BCUT2D eigenvalue weighted by molar-refractivity contribution is 5.64. The summed E-state index contributed by atoms with van der Waals surface area (Å²) in [6.07, 6.45) is 0.0182. The molecule has 0 aliphatic carbocycles. The van der Waals surface area contributed by atoms with Crippen LogP contribution in [0.2, 0.25) is 0 Å². The van der Waals surface area contributed by atoms with Crippen LogP contribution in [-0.4, -0.2) is 40.0 Å². The minimum atomic E-state index is 0.0182. The Morgan fingerprint density at radius 3 is 2.85 bits per heavy atom. The third-order valence-corrected chi connectivity index (χ3v) is 2.86. The van der Waals surface area contributed by atoms with Crippen LogP contribution in [0.15, 0.2) is 18.2 Å². The lowest BCUT2D eigenvalue weighted by molar-refractivity contribution is 0.0997. The number of nitrogens with two attached hydrogens (primary N) is 1. The highest BCUT2D eigenvalue weighted by Crippen LogP contribution is 2.25. The first-order valence-corrected chi connectivity index (χ1v) is 6.46. The van der Waals surface area contributed by atoms with E-state index in [2.05, 4.69) is 15.5 Å². The predicted octanol–water partition coefficient (Wildman–Crippen LogP) is 1.36. The quantitative estimate of drug-likeness (QED) is 0.802. The molecule has 7 nitrogen and oxygen atoms in total. The molecule has 0 amide bonds. The van der Waals surface area contributed by atoms with Gasteiger partial charge < -0.3 is 15.2 Å². The van der Waals surface area contributed by atoms with Crippen LogP contribution in [0.5, 0.6) is 5.75 Å². The number of nitrogen functional groups attached to an aromatic ring is 1. The van der Waals surface area contributed by atoms with Crippen molar-refractivity contribution in [1.29, 1.82) is 0 Å². The average Bonchev–Trinajstić information content (AvgIpc) is 2.86. The minimum absolute atomic E-state index is 0.0182. The number of methoxy groups -OCH3 is 1. The summed E-state index contributed by atoms with van der Waals surface area (Å²) in [6.45, 7) is 5.02. The Morgan fingerprint density at radius 2 is 2.15 bits per heavy atom. The summed E-state index contributed by atoms with van der Waals surface area (Å²) in [5.74, 6) is 1.35. The van der Waals surface area contributed by atoms with E-state index in [1.165, 1.54) is 0 Å². The first-order valence-electron chi connectivity index (χ1n) is 6.46. The van der Waals surface area contributed by atoms with E-state index in [1.54, 1.807) is 17.9 Å². The molecule has 0 fully saturated rings. The van der Waals surface area contributed by atoms with Crippen molar-refractivity contribution in [3.63, 3.8) is 0 Å². The van der Waals surface area contributed by atoms with Gasteiger partial charge in [0.1, 0.15) is 5.75 Å². The summed E-state index contributed by atoms with van der Waals surface area (Å²) in [6, 6.07) is 5.47. The predicted molar refractivity (Wildman–Crippen MR) is 75.3 cm³/mol. The molecule has 0 radical (unpaired) electrons. The lowest BCUT2D eigenvalue weighted by Crippen LogP contribution is -2.16. The van der Waals surface area contributed by atoms with Gasteiger partial charge in [0.15, 0.2) is 5.82 Å². The molecule has 1 aromatic carbocycles. The van der Waals surface area contributed by atoms with Gasteiger partial charge in [-0.25, -0.2) is 4.68 Å². The van der Waals surface area contributed by atoms with Crippen LogP contribution in [0.4, 0.5) is 5.69 Å². The molecule has 108 valence electrons. The topological polar surface area (TPSA) is 88.1 Å². The van der Waals surface area contributed by atoms with E-state index in [0.29, 0.717) is 30.4 Å². The van der Waals surface area contributed by atoms with Crippen molar-refractivity contribution >= 4 is 5.69 Å². The Bertz CT molecular complexity index is 570. The number of hydrogen-bond donors (Lipinski definition) is 1. The Labute approximate surface area is 117 Å². The maximum absolute atomic E-state index is 5.89. The van der Waals surface area contributed by atoms with E-state index in [4.69, 9.17) is 15.2 Å². The number of hydrogen-bond acceptors (Lipinski definition) is 6. The van der Waals surface area contributed by atoms with Crippen LogP contribution in [0.3, 0.4) is 0 Å². The second-order valence-electron chi connectivity index (χ2n) is 4.45. The van der Waals surface area contributed by atoms with Crippen LogP contribution in [0, 0.1) is 0 Å². The van der Waals surface area contributed by atoms with Gasteiger partial charge in [-0.3, -0.25) is 0 Å². The normalized spacial score (nSPS) is 12.3. The molecule has 0 saturated heterocycles. The number of ether oxygens (including phenoxy) is 2. The average molecular weight is 277 g/mol. The summed E-state index contributed by atoms with van der Waals surface area (Å²) in [7, 11) is 1.66. The van der Waals surface area contributed by atoms with Crippen molar-refractivity contribution in [2.24, 2.45) is 0 Å². The molecule has 20 heavy (non-hydrogen) atoms. The summed E-state index contributed by atoms with van der Waals surface area (Å²) >= 11 is 0. The Hall–Kier alpha value is -2.15. The molecule has 0 bridgehead atoms. The molecule has 2 N–H and O–H groups in total. The minimum Gasteiger partial charge on any atom is -0.494 e. The zero-order valence-electron chi connectivity index (χ0n) is 11.9. The maximum atomic E-state index is 5.89. The second kappa shape index (κ2) is 6.33. The highest BCUT2D eigenvalue weighted by atomic mass is 16.5. The van der Waals surface area contributed by atoms with Crippen LogP contribution in [0.25, 0.3) is 11.4 Å². The second-order valence-corrected chi connectivity index (χ2v) is 4.45. The van der Waals surface area contributed by atoms with Gasteiger partial charge in [0.2, 0.25) is 0 Å². The van der Waals surface area contributed by atoms with Gasteiger partial charge in [-0.05, 0) is 36.4 Å². The van der Waals surface area contributed by atoms with Gasteiger partial charge in [-0.1, -0.05) is 0 Å². The third-order valence-electron chi connectivity index (χ3n) is 2.86. The van der Waals surface area contributed by atoms with Gasteiger partial charge in [-0.2, -0.15) is 0 Å². The smallest absolute Gasteiger partial charge is 0.182 e. The Balaban J connectivity index is 2.34. The summed E-state index contributed by atoms with van der Waals surface area (Å²) in [5.41, 5.74) is 7.32. The largest absolute Gasteiger partial charge is 0.494 e. The molecule has 1 atom stereocenters. The number of anilines is 1. The molecular weight excluding hydrogens is 258 g/mol. The van der Waals surface area contributed by atoms with Crippen molar-refractivity contribution in [1.82, 2.24) is 20.2 Å². The molecule has 0 saturated carbocycles. The molecule has 1 heterocycles. The fourth-order valence-corrected chi connectivity index (χ4v) is 1.85. The molecule has 2 rings (SSSR count). The number of rotatable bonds is 6. The van der Waals surface area contributed by atoms with Gasteiger partial charge in [0, 0.05) is 24.4 Å². The van der Waals surface area contributed by atoms with Crippen molar-refractivity contribution < 1.29 is 9.47 Å². The fraction of sp³-hybridized carbons (Fsp3) is 0.462. The number of tetrazole rings is 1. The van der Waals surface area contributed by atoms with E-state index < -0.39 is 0 Å². The fourth-order valence-electron chi connectivity index (χ4n) is 1.85. The molecule has 1 aromatic heterocycles. The standard InChI is InChI=1S/C13H19N5O2/c1-4-20-12-6-10(5-11(14)7-12)13-15-16-17-18(13)8-9(2)19-3/h5-7,9H,4,8,14H2,1-3H3. The summed E-state index contributed by atoms with van der Waals surface area (Å²) in [5, 5.41) is 11.7. The molecule has 7 heteroatoms. The third kappa shape index (κ3) is 3.24. The highest BCUT2D eigenvalue weighted by Gasteiger charge is 2.13. The van der Waals surface area contributed by atoms with E-state index in [0.717, 1.165) is 5.56 Å². The zero-order valence-corrected chi connectivity index (χ0v) is 11.9. The van der Waals surface area contributed by atoms with Gasteiger partial charge >= 0.3 is 0 Å². The molecule has 2 aromatic rings. The van der Waals surface area contributed by atoms with Gasteiger partial charge in [-0.15, -0.1) is 5.10 Å². The van der Waals surface area contributed by atoms with Gasteiger partial charge in [0.05, 0.1) is 19.3 Å². The number of benzene rings is 1. The summed E-state index contributed by atoms with van der Waals surface area (Å²) in [4.78, 5) is 0. The van der Waals surface area contributed by atoms with Crippen LogP contribution >= 0.6 is 0 Å². The van der Waals surface area contributed by atoms with Crippen molar-refractivity contribution in [3.05, 3.63) is 18.2 Å². The van der Waals surface area contributed by atoms with Crippen molar-refractivity contribution in [2.45, 2.75) is 26.5 Å². The van der Waals surface area contributed by atoms with Crippen molar-refractivity contribution in [2.75, 3.05) is 19.5 Å². The lowest BCUT2D eigenvalue weighted by atomic mass is 10.1. The molecule has 1 unspecified atom stereocenters. The Morgan fingerprint density at radius 1 is 1.35 bits per heavy atom. The monoisotopic (exact) mass is 277 g/mol. The van der Waals surface area contributed by atoms with Crippen molar-refractivity contribution in [3.8, 4) is 17.1 Å². The Kier molecular flexibility index (Phi) is 4.52. The van der Waals surface area contributed by atoms with Crippen LogP contribution in [-0.2, 0) is 11.3 Å². The number of aromatic nitrogens is 4.